The van der Waals surface area contributed by atoms with E-state index in [1.165, 1.54) is 6.20 Å². The Morgan fingerprint density at radius 1 is 1.12 bits per heavy atom. The van der Waals surface area contributed by atoms with Gasteiger partial charge in [-0.3, -0.25) is 9.97 Å². The number of benzene rings is 1. The molecule has 122 valence electrons. The first-order valence-electron chi connectivity index (χ1n) is 7.34. The third kappa shape index (κ3) is 3.27. The molecule has 0 spiro atoms. The van der Waals surface area contributed by atoms with Crippen LogP contribution in [0.15, 0.2) is 69.9 Å². The van der Waals surface area contributed by atoms with Gasteiger partial charge in [-0.2, -0.15) is 0 Å². The zero-order chi connectivity index (χ0) is 17.2. The summed E-state index contributed by atoms with van der Waals surface area (Å²) in [4.78, 5) is 24.7. The van der Waals surface area contributed by atoms with Crippen molar-refractivity contribution in [2.75, 3.05) is 0 Å². The van der Waals surface area contributed by atoms with Gasteiger partial charge in [0.2, 0.25) is 5.89 Å². The molecule has 0 bridgehead atoms. The second kappa shape index (κ2) is 6.45. The van der Waals surface area contributed by atoms with Crippen LogP contribution < -0.4 is 4.74 Å². The van der Waals surface area contributed by atoms with Gasteiger partial charge in [0.1, 0.15) is 17.0 Å². The Morgan fingerprint density at radius 2 is 2.04 bits per heavy atom. The number of carbonyl (C=O) groups is 1. The lowest BCUT2D eigenvalue weighted by Gasteiger charge is -2.03. The molecule has 0 aliphatic heterocycles. The fourth-order valence-corrected chi connectivity index (χ4v) is 2.62. The number of oxazole rings is 1. The smallest absolute Gasteiger partial charge is 0.345 e. The van der Waals surface area contributed by atoms with Crippen LogP contribution in [-0.2, 0) is 0 Å². The molecule has 3 heterocycles. The molecule has 7 heteroatoms. The third-order valence-corrected chi connectivity index (χ3v) is 3.83. The van der Waals surface area contributed by atoms with E-state index in [4.69, 9.17) is 9.15 Å². The first kappa shape index (κ1) is 15.5. The van der Waals surface area contributed by atoms with E-state index >= 15 is 0 Å². The van der Waals surface area contributed by atoms with Crippen molar-refractivity contribution in [3.63, 3.8) is 0 Å². The summed E-state index contributed by atoms with van der Waals surface area (Å²) in [6.45, 7) is 0. The molecule has 0 aliphatic carbocycles. The lowest BCUT2D eigenvalue weighted by Crippen LogP contribution is -2.08. The molecule has 0 N–H and O–H groups in total. The number of halogens is 1. The van der Waals surface area contributed by atoms with Crippen LogP contribution in [-0.4, -0.2) is 20.9 Å². The molecule has 25 heavy (non-hydrogen) atoms. The summed E-state index contributed by atoms with van der Waals surface area (Å²) < 4.78 is 11.8. The number of rotatable bonds is 3. The van der Waals surface area contributed by atoms with Crippen LogP contribution in [0, 0.1) is 0 Å². The van der Waals surface area contributed by atoms with Crippen molar-refractivity contribution >= 4 is 33.0 Å². The molecule has 0 amide bonds. The summed E-state index contributed by atoms with van der Waals surface area (Å²) in [6.07, 6.45) is 4.71. The van der Waals surface area contributed by atoms with E-state index in [0.29, 0.717) is 38.5 Å². The molecule has 0 fully saturated rings. The Kier molecular flexibility index (Phi) is 3.99. The maximum atomic E-state index is 12.2. The molecule has 0 unspecified atom stereocenters. The normalized spacial score (nSPS) is 10.8. The van der Waals surface area contributed by atoms with Crippen molar-refractivity contribution in [1.82, 2.24) is 15.0 Å². The second-order valence-corrected chi connectivity index (χ2v) is 6.06. The second-order valence-electron chi connectivity index (χ2n) is 5.14. The van der Waals surface area contributed by atoms with Gasteiger partial charge in [-0.25, -0.2) is 9.78 Å². The lowest BCUT2D eigenvalue weighted by atomic mass is 10.3. The number of aromatic nitrogens is 3. The van der Waals surface area contributed by atoms with E-state index in [9.17, 15) is 4.79 Å². The van der Waals surface area contributed by atoms with Gasteiger partial charge >= 0.3 is 5.97 Å². The number of esters is 1. The van der Waals surface area contributed by atoms with Crippen LogP contribution in [0.25, 0.3) is 22.7 Å². The first-order chi connectivity index (χ1) is 12.2. The predicted octanol–water partition coefficient (Wildman–Crippen LogP) is 4.27. The van der Waals surface area contributed by atoms with Crippen LogP contribution in [0.5, 0.6) is 5.75 Å². The Labute approximate surface area is 150 Å². The maximum Gasteiger partial charge on any atom is 0.345 e. The minimum absolute atomic E-state index is 0.348. The Hall–Kier alpha value is -3.06. The molecule has 4 aromatic rings. The van der Waals surface area contributed by atoms with Crippen LogP contribution >= 0.6 is 15.9 Å². The van der Waals surface area contributed by atoms with E-state index in [1.54, 1.807) is 36.7 Å². The van der Waals surface area contributed by atoms with Gasteiger partial charge in [0, 0.05) is 29.1 Å². The molecular formula is C18H10BrN3O3. The summed E-state index contributed by atoms with van der Waals surface area (Å²) in [5.74, 6) is 0.272. The van der Waals surface area contributed by atoms with Gasteiger partial charge in [-0.1, -0.05) is 6.07 Å². The Balaban J connectivity index is 1.62. The molecule has 3 aromatic heterocycles. The molecule has 0 aliphatic rings. The number of nitrogens with zero attached hydrogens (tertiary/aromatic N) is 3. The molecule has 6 nitrogen and oxygen atoms in total. The lowest BCUT2D eigenvalue weighted by molar-refractivity contribution is 0.0734. The largest absolute Gasteiger partial charge is 0.435 e. The van der Waals surface area contributed by atoms with Gasteiger partial charge in [0.05, 0.1) is 5.56 Å². The van der Waals surface area contributed by atoms with E-state index in [-0.39, 0.29) is 0 Å². The number of pyridine rings is 2. The summed E-state index contributed by atoms with van der Waals surface area (Å²) in [6, 6.07) is 12.1. The molecule has 0 saturated carbocycles. The summed E-state index contributed by atoms with van der Waals surface area (Å²) in [7, 11) is 0. The minimum Gasteiger partial charge on any atom is -0.435 e. The third-order valence-electron chi connectivity index (χ3n) is 3.40. The molecular weight excluding hydrogens is 386 g/mol. The Bertz CT molecular complexity index is 1060. The molecule has 0 radical (unpaired) electrons. The highest BCUT2D eigenvalue weighted by Crippen LogP contribution is 2.26. The zero-order valence-corrected chi connectivity index (χ0v) is 14.3. The number of hydrogen-bond acceptors (Lipinski definition) is 6. The fraction of sp³-hybridized carbons (Fsp3) is 0. The van der Waals surface area contributed by atoms with Crippen molar-refractivity contribution in [2.24, 2.45) is 0 Å². The SMILES string of the molecule is O=C(Oc1ccc2nc(-c3ccccn3)oc2c1)c1cncc(Br)c1. The average Bonchev–Trinajstić information content (AvgIpc) is 3.06. The number of ether oxygens (including phenoxy) is 1. The summed E-state index contributed by atoms with van der Waals surface area (Å²) in [5.41, 5.74) is 2.15. The monoisotopic (exact) mass is 395 g/mol. The van der Waals surface area contributed by atoms with Crippen molar-refractivity contribution in [3.8, 4) is 17.3 Å². The standard InChI is InChI=1S/C18H10BrN3O3/c19-12-7-11(9-20-10-12)18(23)24-13-4-5-14-16(8-13)25-17(22-14)15-3-1-2-6-21-15/h1-10H. The molecule has 0 saturated heterocycles. The van der Waals surface area contributed by atoms with E-state index in [2.05, 4.69) is 30.9 Å². The Morgan fingerprint density at radius 3 is 2.84 bits per heavy atom. The van der Waals surface area contributed by atoms with Gasteiger partial charge in [-0.15, -0.1) is 0 Å². The highest BCUT2D eigenvalue weighted by molar-refractivity contribution is 9.10. The van der Waals surface area contributed by atoms with Gasteiger partial charge in [-0.05, 0) is 46.3 Å². The minimum atomic E-state index is -0.502. The van der Waals surface area contributed by atoms with Gasteiger partial charge < -0.3 is 9.15 Å². The predicted molar refractivity (Wildman–Crippen MR) is 94.1 cm³/mol. The van der Waals surface area contributed by atoms with Gasteiger partial charge in [0.25, 0.3) is 0 Å². The highest BCUT2D eigenvalue weighted by atomic mass is 79.9. The van der Waals surface area contributed by atoms with Crippen LogP contribution in [0.2, 0.25) is 0 Å². The highest BCUT2D eigenvalue weighted by Gasteiger charge is 2.13. The van der Waals surface area contributed by atoms with Crippen LogP contribution in [0.3, 0.4) is 0 Å². The quantitative estimate of drug-likeness (QED) is 0.380. The number of carbonyl (C=O) groups excluding carboxylic acids is 1. The van der Waals surface area contributed by atoms with Crippen LogP contribution in [0.4, 0.5) is 0 Å². The van der Waals surface area contributed by atoms with Crippen molar-refractivity contribution in [2.45, 2.75) is 0 Å². The van der Waals surface area contributed by atoms with E-state index in [1.807, 2.05) is 18.2 Å². The molecule has 1 aromatic carbocycles. The fourth-order valence-electron chi connectivity index (χ4n) is 2.26. The molecule has 4 rings (SSSR count). The van der Waals surface area contributed by atoms with Crippen molar-refractivity contribution < 1.29 is 13.9 Å². The van der Waals surface area contributed by atoms with E-state index < -0.39 is 5.97 Å². The van der Waals surface area contributed by atoms with E-state index in [0.717, 1.165) is 0 Å². The number of fused-ring (bicyclic) bond motifs is 1. The molecule has 0 atom stereocenters. The average molecular weight is 396 g/mol. The van der Waals surface area contributed by atoms with Crippen molar-refractivity contribution in [1.29, 1.82) is 0 Å². The number of hydrogen-bond donors (Lipinski definition) is 0. The first-order valence-corrected chi connectivity index (χ1v) is 8.13. The van der Waals surface area contributed by atoms with Crippen molar-refractivity contribution in [3.05, 3.63) is 71.1 Å². The summed E-state index contributed by atoms with van der Waals surface area (Å²) in [5, 5.41) is 0. The van der Waals surface area contributed by atoms with Crippen LogP contribution in [0.1, 0.15) is 10.4 Å². The zero-order valence-electron chi connectivity index (χ0n) is 12.7. The maximum absolute atomic E-state index is 12.2. The topological polar surface area (TPSA) is 78.1 Å². The summed E-state index contributed by atoms with van der Waals surface area (Å²) >= 11 is 3.27. The van der Waals surface area contributed by atoms with Gasteiger partial charge in [0.15, 0.2) is 5.58 Å².